The molecule has 0 bridgehead atoms. The zero-order chi connectivity index (χ0) is 18.5. The zero-order valence-electron chi connectivity index (χ0n) is 14.7. The number of benzene rings is 1. The average molecular weight is 355 g/mol. The average Bonchev–Trinajstić information content (AvgIpc) is 3.02. The van der Waals surface area contributed by atoms with Crippen LogP contribution in [0.1, 0.15) is 28.7 Å². The third-order valence-corrected chi connectivity index (χ3v) is 3.79. The molecule has 0 aliphatic rings. The van der Waals surface area contributed by atoms with Crippen LogP contribution in [0.3, 0.4) is 0 Å². The summed E-state index contributed by atoms with van der Waals surface area (Å²) in [6.45, 7) is 3.12. The highest BCUT2D eigenvalue weighted by Gasteiger charge is 2.13. The van der Waals surface area contributed by atoms with E-state index in [9.17, 15) is 4.79 Å². The molecule has 0 saturated carbocycles. The van der Waals surface area contributed by atoms with Gasteiger partial charge in [-0.05, 0) is 43.3 Å². The summed E-state index contributed by atoms with van der Waals surface area (Å²) in [4.78, 5) is 16.5. The second kappa shape index (κ2) is 7.88. The molecule has 2 aromatic heterocycles. The Kier molecular flexibility index (Phi) is 5.38. The highest BCUT2D eigenvalue weighted by atomic mass is 16.5. The Morgan fingerprint density at radius 1 is 1.27 bits per heavy atom. The summed E-state index contributed by atoms with van der Waals surface area (Å²) < 4.78 is 16.2. The Hall–Kier alpha value is -3.06. The smallest absolute Gasteiger partial charge is 0.255 e. The van der Waals surface area contributed by atoms with Gasteiger partial charge >= 0.3 is 0 Å². The van der Waals surface area contributed by atoms with E-state index in [0.717, 1.165) is 16.7 Å². The number of amides is 1. The van der Waals surface area contributed by atoms with Crippen molar-refractivity contribution in [2.75, 3.05) is 19.5 Å². The number of aromatic nitrogens is 1. The Labute approximate surface area is 151 Å². The second-order valence-corrected chi connectivity index (χ2v) is 5.70. The monoisotopic (exact) mass is 355 g/mol. The van der Waals surface area contributed by atoms with Crippen molar-refractivity contribution in [2.45, 2.75) is 20.1 Å². The number of nitrogens with two attached hydrogens (primary N) is 1. The lowest BCUT2D eigenvalue weighted by molar-refractivity contribution is 0.0948. The van der Waals surface area contributed by atoms with Gasteiger partial charge in [0.05, 0.1) is 31.0 Å². The number of nitrogens with one attached hydrogen (secondary N) is 1. The lowest BCUT2D eigenvalue weighted by atomic mass is 10.2. The number of nitrogens with zero attached hydrogens (tertiary/aromatic N) is 1. The van der Waals surface area contributed by atoms with Crippen molar-refractivity contribution in [1.82, 2.24) is 10.3 Å². The molecule has 26 heavy (non-hydrogen) atoms. The molecule has 0 unspecified atom stereocenters. The van der Waals surface area contributed by atoms with Crippen molar-refractivity contribution in [1.29, 1.82) is 0 Å². The molecular weight excluding hydrogens is 334 g/mol. The summed E-state index contributed by atoms with van der Waals surface area (Å²) in [5.74, 6) is 1.29. The number of pyridine rings is 1. The van der Waals surface area contributed by atoms with E-state index in [0.29, 0.717) is 30.2 Å². The third-order valence-electron chi connectivity index (χ3n) is 3.79. The van der Waals surface area contributed by atoms with E-state index < -0.39 is 0 Å². The van der Waals surface area contributed by atoms with Gasteiger partial charge in [0, 0.05) is 12.5 Å². The number of nitrogen functional groups attached to an aromatic ring is 1. The normalized spacial score (nSPS) is 10.8. The lowest BCUT2D eigenvalue weighted by Crippen LogP contribution is -2.24. The number of carbonyl (C=O) groups is 1. The molecule has 0 saturated heterocycles. The highest BCUT2D eigenvalue weighted by Crippen LogP contribution is 2.24. The fraction of sp³-hybridized carbons (Fsp3) is 0.263. The van der Waals surface area contributed by atoms with Crippen LogP contribution < -0.4 is 15.8 Å². The molecule has 0 atom stereocenters. The molecule has 1 aromatic carbocycles. The molecular formula is C19H21N3O4. The Balaban J connectivity index is 1.68. The Morgan fingerprint density at radius 3 is 2.85 bits per heavy atom. The number of rotatable bonds is 7. The van der Waals surface area contributed by atoms with E-state index in [4.69, 9.17) is 19.6 Å². The van der Waals surface area contributed by atoms with E-state index in [-0.39, 0.29) is 18.3 Å². The number of fused-ring (bicyclic) bond motifs is 1. The first-order chi connectivity index (χ1) is 12.6. The van der Waals surface area contributed by atoms with Gasteiger partial charge in [0.25, 0.3) is 5.91 Å². The summed E-state index contributed by atoms with van der Waals surface area (Å²) in [5, 5.41) is 3.71. The lowest BCUT2D eigenvalue weighted by Gasteiger charge is -2.07. The fourth-order valence-corrected chi connectivity index (χ4v) is 2.62. The van der Waals surface area contributed by atoms with Crippen molar-refractivity contribution >= 4 is 22.7 Å². The van der Waals surface area contributed by atoms with Crippen LogP contribution in [0.25, 0.3) is 11.0 Å². The highest BCUT2D eigenvalue weighted by molar-refractivity contribution is 5.98. The minimum Gasteiger partial charge on any atom is -0.494 e. The molecule has 0 spiro atoms. The van der Waals surface area contributed by atoms with Gasteiger partial charge in [-0.2, -0.15) is 0 Å². The van der Waals surface area contributed by atoms with Crippen LogP contribution in [0.5, 0.6) is 5.75 Å². The van der Waals surface area contributed by atoms with E-state index in [1.807, 2.05) is 31.2 Å². The van der Waals surface area contributed by atoms with Gasteiger partial charge in [-0.15, -0.1) is 0 Å². The number of methoxy groups -OCH3 is 1. The molecule has 0 fully saturated rings. The van der Waals surface area contributed by atoms with Gasteiger partial charge in [0.1, 0.15) is 22.9 Å². The molecule has 7 heteroatoms. The molecule has 1 amide bonds. The van der Waals surface area contributed by atoms with Gasteiger partial charge in [0.15, 0.2) is 0 Å². The van der Waals surface area contributed by atoms with Crippen molar-refractivity contribution in [3.8, 4) is 5.75 Å². The zero-order valence-corrected chi connectivity index (χ0v) is 14.7. The van der Waals surface area contributed by atoms with Crippen molar-refractivity contribution in [3.63, 3.8) is 0 Å². The van der Waals surface area contributed by atoms with Crippen LogP contribution in [0.15, 0.2) is 40.8 Å². The van der Waals surface area contributed by atoms with Crippen LogP contribution in [0.4, 0.5) is 5.82 Å². The van der Waals surface area contributed by atoms with Crippen LogP contribution in [-0.4, -0.2) is 24.6 Å². The van der Waals surface area contributed by atoms with E-state index >= 15 is 0 Å². The maximum absolute atomic E-state index is 12.3. The topological polar surface area (TPSA) is 99.6 Å². The molecule has 136 valence electrons. The Morgan fingerprint density at radius 2 is 2.12 bits per heavy atom. The van der Waals surface area contributed by atoms with Crippen LogP contribution in [-0.2, 0) is 17.9 Å². The minimum atomic E-state index is -0.311. The fourth-order valence-electron chi connectivity index (χ4n) is 2.62. The van der Waals surface area contributed by atoms with Crippen LogP contribution >= 0.6 is 0 Å². The van der Waals surface area contributed by atoms with Gasteiger partial charge in [-0.3, -0.25) is 4.79 Å². The summed E-state index contributed by atoms with van der Waals surface area (Å²) in [7, 11) is 1.57. The van der Waals surface area contributed by atoms with E-state index in [2.05, 4.69) is 10.3 Å². The first-order valence-electron chi connectivity index (χ1n) is 8.28. The van der Waals surface area contributed by atoms with Gasteiger partial charge in [0.2, 0.25) is 0 Å². The molecule has 0 aliphatic carbocycles. The predicted molar refractivity (Wildman–Crippen MR) is 97.9 cm³/mol. The van der Waals surface area contributed by atoms with Gasteiger partial charge in [-0.25, -0.2) is 4.98 Å². The van der Waals surface area contributed by atoms with Crippen LogP contribution in [0.2, 0.25) is 0 Å². The molecule has 2 heterocycles. The molecule has 7 nitrogen and oxygen atoms in total. The number of hydrogen-bond donors (Lipinski definition) is 2. The summed E-state index contributed by atoms with van der Waals surface area (Å²) in [5.41, 5.74) is 7.59. The minimum absolute atomic E-state index is 0.169. The number of carbonyl (C=O) groups excluding carboxylic acids is 1. The van der Waals surface area contributed by atoms with E-state index in [1.54, 1.807) is 19.2 Å². The molecule has 0 aliphatic heterocycles. The molecule has 0 radical (unpaired) electrons. The Bertz CT molecular complexity index is 920. The van der Waals surface area contributed by atoms with E-state index in [1.165, 1.54) is 0 Å². The van der Waals surface area contributed by atoms with Gasteiger partial charge < -0.3 is 24.9 Å². The number of furan rings is 1. The first-order valence-corrected chi connectivity index (χ1v) is 8.28. The van der Waals surface area contributed by atoms with Crippen molar-refractivity contribution in [2.24, 2.45) is 0 Å². The van der Waals surface area contributed by atoms with Crippen molar-refractivity contribution < 1.29 is 18.7 Å². The quantitative estimate of drug-likeness (QED) is 0.676. The number of anilines is 1. The molecule has 3 aromatic rings. The number of hydrogen-bond acceptors (Lipinski definition) is 6. The van der Waals surface area contributed by atoms with Crippen LogP contribution in [0, 0.1) is 0 Å². The first kappa shape index (κ1) is 17.8. The third kappa shape index (κ3) is 3.94. The van der Waals surface area contributed by atoms with Gasteiger partial charge in [-0.1, -0.05) is 0 Å². The number of ether oxygens (including phenoxy) is 2. The maximum atomic E-state index is 12.3. The largest absolute Gasteiger partial charge is 0.494 e. The predicted octanol–water partition coefficient (Wildman–Crippen LogP) is 2.89. The standard InChI is InChI=1S/C19H21N3O4/c1-3-25-14-5-7-17-12(8-14)9-15(26-17)10-21-19(23)16-6-4-13(11-24-2)22-18(16)20/h4-9H,3,10-11H2,1-2H3,(H2,20,22)(H,21,23). The SMILES string of the molecule is CCOc1ccc2oc(CNC(=O)c3ccc(COC)nc3N)cc2c1. The van der Waals surface area contributed by atoms with Crippen molar-refractivity contribution in [3.05, 3.63) is 53.4 Å². The summed E-state index contributed by atoms with van der Waals surface area (Å²) in [6.07, 6.45) is 0. The molecule has 3 N–H and O–H groups in total. The second-order valence-electron chi connectivity index (χ2n) is 5.70. The summed E-state index contributed by atoms with van der Waals surface area (Å²) in [6, 6.07) is 10.8. The maximum Gasteiger partial charge on any atom is 0.255 e. The molecule has 3 rings (SSSR count). The summed E-state index contributed by atoms with van der Waals surface area (Å²) >= 11 is 0.